The van der Waals surface area contributed by atoms with Crippen LogP contribution in [0.4, 0.5) is 5.69 Å². The first kappa shape index (κ1) is 20.7. The standard InChI is InChI=1S/C19H24N2O5S/c1-25-14-6-13-20-19(22)15-21(16-9-11-17(26-2)12-10-16)27(23,24)18-7-4-3-5-8-18/h3-5,7-12H,6,13-15H2,1-2H3,(H,20,22). The van der Waals surface area contributed by atoms with Crippen LogP contribution in [0, 0.1) is 0 Å². The predicted molar refractivity (Wildman–Crippen MR) is 103 cm³/mol. The van der Waals surface area contributed by atoms with Gasteiger partial charge in [0.1, 0.15) is 12.3 Å². The maximum atomic E-state index is 13.1. The Kier molecular flexibility index (Phi) is 7.63. The van der Waals surface area contributed by atoms with Crippen molar-refractivity contribution in [3.63, 3.8) is 0 Å². The summed E-state index contributed by atoms with van der Waals surface area (Å²) in [5.41, 5.74) is 0.381. The molecule has 1 amide bonds. The second-order valence-electron chi connectivity index (χ2n) is 5.72. The van der Waals surface area contributed by atoms with Crippen molar-refractivity contribution in [2.45, 2.75) is 11.3 Å². The van der Waals surface area contributed by atoms with E-state index < -0.39 is 10.0 Å². The minimum atomic E-state index is -3.90. The van der Waals surface area contributed by atoms with E-state index >= 15 is 0 Å². The lowest BCUT2D eigenvalue weighted by Gasteiger charge is -2.24. The maximum Gasteiger partial charge on any atom is 0.264 e. The van der Waals surface area contributed by atoms with Crippen LogP contribution in [0.3, 0.4) is 0 Å². The fraction of sp³-hybridized carbons (Fsp3) is 0.316. The number of benzene rings is 2. The Labute approximate surface area is 160 Å². The molecule has 2 aromatic rings. The number of carbonyl (C=O) groups is 1. The fourth-order valence-corrected chi connectivity index (χ4v) is 3.86. The van der Waals surface area contributed by atoms with Gasteiger partial charge in [-0.25, -0.2) is 8.42 Å². The molecule has 2 rings (SSSR count). The molecule has 0 fully saturated rings. The second-order valence-corrected chi connectivity index (χ2v) is 7.58. The molecule has 8 heteroatoms. The summed E-state index contributed by atoms with van der Waals surface area (Å²) in [5, 5.41) is 2.71. The third-order valence-corrected chi connectivity index (χ3v) is 5.61. The first-order valence-electron chi connectivity index (χ1n) is 8.46. The molecular formula is C19H24N2O5S. The molecule has 0 aliphatic rings. The van der Waals surface area contributed by atoms with Gasteiger partial charge in [-0.1, -0.05) is 18.2 Å². The second kappa shape index (κ2) is 9.94. The van der Waals surface area contributed by atoms with Gasteiger partial charge in [-0.3, -0.25) is 9.10 Å². The summed E-state index contributed by atoms with van der Waals surface area (Å²) in [6, 6.07) is 14.5. The molecule has 0 heterocycles. The third kappa shape index (κ3) is 5.70. The molecule has 0 saturated heterocycles. The van der Waals surface area contributed by atoms with Crippen LogP contribution < -0.4 is 14.4 Å². The number of ether oxygens (including phenoxy) is 2. The van der Waals surface area contributed by atoms with E-state index in [1.54, 1.807) is 49.6 Å². The number of methoxy groups -OCH3 is 2. The number of hydrogen-bond donors (Lipinski definition) is 1. The van der Waals surface area contributed by atoms with Crippen LogP contribution in [0.1, 0.15) is 6.42 Å². The monoisotopic (exact) mass is 392 g/mol. The van der Waals surface area contributed by atoms with E-state index in [0.717, 1.165) is 4.31 Å². The van der Waals surface area contributed by atoms with E-state index in [0.29, 0.717) is 31.0 Å². The van der Waals surface area contributed by atoms with Gasteiger partial charge in [0.15, 0.2) is 0 Å². The molecule has 0 bridgehead atoms. The van der Waals surface area contributed by atoms with E-state index in [1.807, 2.05) is 0 Å². The lowest BCUT2D eigenvalue weighted by molar-refractivity contribution is -0.119. The molecule has 0 unspecified atom stereocenters. The van der Waals surface area contributed by atoms with Gasteiger partial charge in [0.05, 0.1) is 17.7 Å². The molecule has 2 aromatic carbocycles. The van der Waals surface area contributed by atoms with Crippen LogP contribution >= 0.6 is 0 Å². The minimum Gasteiger partial charge on any atom is -0.497 e. The molecule has 0 radical (unpaired) electrons. The largest absolute Gasteiger partial charge is 0.497 e. The highest BCUT2D eigenvalue weighted by Gasteiger charge is 2.27. The van der Waals surface area contributed by atoms with Crippen molar-refractivity contribution in [3.8, 4) is 5.75 Å². The van der Waals surface area contributed by atoms with E-state index in [4.69, 9.17) is 9.47 Å². The average molecular weight is 392 g/mol. The Balaban J connectivity index is 2.27. The molecular weight excluding hydrogens is 368 g/mol. The Morgan fingerprint density at radius 3 is 2.30 bits per heavy atom. The summed E-state index contributed by atoms with van der Waals surface area (Å²) < 4.78 is 37.3. The number of anilines is 1. The van der Waals surface area contributed by atoms with Crippen molar-refractivity contribution >= 4 is 21.6 Å². The van der Waals surface area contributed by atoms with Gasteiger partial charge >= 0.3 is 0 Å². The summed E-state index contributed by atoms with van der Waals surface area (Å²) in [6.07, 6.45) is 0.649. The smallest absolute Gasteiger partial charge is 0.264 e. The van der Waals surface area contributed by atoms with E-state index in [9.17, 15) is 13.2 Å². The van der Waals surface area contributed by atoms with Gasteiger partial charge in [-0.15, -0.1) is 0 Å². The molecule has 146 valence electrons. The summed E-state index contributed by atoms with van der Waals surface area (Å²) in [4.78, 5) is 12.4. The quantitative estimate of drug-likeness (QED) is 0.626. The van der Waals surface area contributed by atoms with Gasteiger partial charge in [0.25, 0.3) is 10.0 Å². The molecule has 0 aliphatic carbocycles. The molecule has 0 aromatic heterocycles. The SMILES string of the molecule is COCCCNC(=O)CN(c1ccc(OC)cc1)S(=O)(=O)c1ccccc1. The van der Waals surface area contributed by atoms with E-state index in [2.05, 4.69) is 5.32 Å². The molecule has 0 aliphatic heterocycles. The number of amides is 1. The van der Waals surface area contributed by atoms with Crippen molar-refractivity contribution in [1.82, 2.24) is 5.32 Å². The normalized spacial score (nSPS) is 11.0. The minimum absolute atomic E-state index is 0.119. The zero-order valence-electron chi connectivity index (χ0n) is 15.4. The summed E-state index contributed by atoms with van der Waals surface area (Å²) in [7, 11) is -0.785. The lowest BCUT2D eigenvalue weighted by atomic mass is 10.3. The highest BCUT2D eigenvalue weighted by Crippen LogP contribution is 2.25. The number of hydrogen-bond acceptors (Lipinski definition) is 5. The van der Waals surface area contributed by atoms with Gasteiger partial charge in [0, 0.05) is 20.3 Å². The molecule has 0 atom stereocenters. The van der Waals surface area contributed by atoms with Crippen molar-refractivity contribution in [3.05, 3.63) is 54.6 Å². The number of rotatable bonds is 10. The van der Waals surface area contributed by atoms with E-state index in [-0.39, 0.29) is 17.3 Å². The maximum absolute atomic E-state index is 13.1. The lowest BCUT2D eigenvalue weighted by Crippen LogP contribution is -2.41. The Hall–Kier alpha value is -2.58. The summed E-state index contributed by atoms with van der Waals surface area (Å²) >= 11 is 0. The zero-order chi connectivity index (χ0) is 19.7. The van der Waals surface area contributed by atoms with Crippen molar-refractivity contribution in [1.29, 1.82) is 0 Å². The van der Waals surface area contributed by atoms with Crippen molar-refractivity contribution < 1.29 is 22.7 Å². The first-order chi connectivity index (χ1) is 13.0. The average Bonchev–Trinajstić information content (AvgIpc) is 2.70. The van der Waals surface area contributed by atoms with Crippen LogP contribution in [-0.4, -0.2) is 48.2 Å². The van der Waals surface area contributed by atoms with Gasteiger partial charge in [-0.05, 0) is 42.8 Å². The summed E-state index contributed by atoms with van der Waals surface area (Å²) in [5.74, 6) is 0.209. The number of carbonyl (C=O) groups excluding carboxylic acids is 1. The van der Waals surface area contributed by atoms with Crippen LogP contribution in [-0.2, 0) is 19.6 Å². The van der Waals surface area contributed by atoms with E-state index in [1.165, 1.54) is 19.2 Å². The fourth-order valence-electron chi connectivity index (χ4n) is 2.41. The van der Waals surface area contributed by atoms with Gasteiger partial charge in [0.2, 0.25) is 5.91 Å². The Morgan fingerprint density at radius 1 is 1.04 bits per heavy atom. The van der Waals surface area contributed by atoms with Crippen LogP contribution in [0.5, 0.6) is 5.75 Å². The van der Waals surface area contributed by atoms with Crippen molar-refractivity contribution in [2.75, 3.05) is 38.2 Å². The van der Waals surface area contributed by atoms with Crippen LogP contribution in [0.15, 0.2) is 59.5 Å². The molecule has 7 nitrogen and oxygen atoms in total. The topological polar surface area (TPSA) is 84.9 Å². The Morgan fingerprint density at radius 2 is 1.70 bits per heavy atom. The summed E-state index contributed by atoms with van der Waals surface area (Å²) in [6.45, 7) is 0.607. The zero-order valence-corrected chi connectivity index (χ0v) is 16.2. The van der Waals surface area contributed by atoms with Crippen molar-refractivity contribution in [2.24, 2.45) is 0 Å². The van der Waals surface area contributed by atoms with Crippen LogP contribution in [0.2, 0.25) is 0 Å². The molecule has 0 saturated carbocycles. The Bertz CT molecular complexity index is 823. The molecule has 0 spiro atoms. The number of sulfonamides is 1. The predicted octanol–water partition coefficient (Wildman–Crippen LogP) is 2.04. The highest BCUT2D eigenvalue weighted by atomic mass is 32.2. The molecule has 1 N–H and O–H groups in total. The third-order valence-electron chi connectivity index (χ3n) is 3.83. The van der Waals surface area contributed by atoms with Crippen LogP contribution in [0.25, 0.3) is 0 Å². The molecule has 27 heavy (non-hydrogen) atoms. The number of nitrogens with one attached hydrogen (secondary N) is 1. The van der Waals surface area contributed by atoms with Gasteiger partial charge in [-0.2, -0.15) is 0 Å². The number of nitrogens with zero attached hydrogens (tertiary/aromatic N) is 1. The first-order valence-corrected chi connectivity index (χ1v) is 9.90. The van der Waals surface area contributed by atoms with Gasteiger partial charge < -0.3 is 14.8 Å². The highest BCUT2D eigenvalue weighted by molar-refractivity contribution is 7.92.